The summed E-state index contributed by atoms with van der Waals surface area (Å²) in [4.78, 5) is 26.2. The zero-order valence-electron chi connectivity index (χ0n) is 16.9. The van der Waals surface area contributed by atoms with E-state index in [-0.39, 0.29) is 17.9 Å². The molecule has 0 bridgehead atoms. The van der Waals surface area contributed by atoms with Crippen molar-refractivity contribution in [1.82, 2.24) is 10.2 Å². The minimum Gasteiger partial charge on any atom is -0.481 e. The first-order chi connectivity index (χ1) is 12.9. The van der Waals surface area contributed by atoms with E-state index in [0.29, 0.717) is 37.8 Å². The molecule has 1 aliphatic rings. The van der Waals surface area contributed by atoms with Crippen LogP contribution in [0, 0.1) is 0 Å². The molecule has 1 aromatic rings. The highest BCUT2D eigenvalue weighted by Gasteiger charge is 2.27. The number of likely N-dealkylation sites (tertiary alicyclic amines) is 1. The lowest BCUT2D eigenvalue weighted by Gasteiger charge is -2.33. The number of nitrogens with one attached hydrogen (secondary N) is 1. The van der Waals surface area contributed by atoms with Crippen LogP contribution in [0.4, 0.5) is 0 Å². The third-order valence-corrected chi connectivity index (χ3v) is 4.91. The topological polar surface area (TPSA) is 67.9 Å². The fourth-order valence-electron chi connectivity index (χ4n) is 3.18. The minimum absolute atomic E-state index is 0.00294. The van der Waals surface area contributed by atoms with Gasteiger partial charge in [0.05, 0.1) is 6.61 Å². The SMILES string of the molecule is COCCC(=O)NC1CCN(C(=O)C(C)Oc2ccc(C(C)C)cc2)CC1. The van der Waals surface area contributed by atoms with E-state index in [1.807, 2.05) is 29.2 Å². The van der Waals surface area contributed by atoms with Crippen molar-refractivity contribution >= 4 is 11.8 Å². The molecule has 6 nitrogen and oxygen atoms in total. The predicted octanol–water partition coefficient (Wildman–Crippen LogP) is 2.72. The van der Waals surface area contributed by atoms with Crippen LogP contribution in [0.5, 0.6) is 5.75 Å². The molecule has 1 unspecified atom stereocenters. The highest BCUT2D eigenvalue weighted by molar-refractivity contribution is 5.81. The van der Waals surface area contributed by atoms with Gasteiger partial charge in [0, 0.05) is 32.7 Å². The van der Waals surface area contributed by atoms with Gasteiger partial charge in [-0.15, -0.1) is 0 Å². The van der Waals surface area contributed by atoms with Crippen molar-refractivity contribution < 1.29 is 19.1 Å². The van der Waals surface area contributed by atoms with Crippen molar-refractivity contribution in [2.24, 2.45) is 0 Å². The Morgan fingerprint density at radius 2 is 1.78 bits per heavy atom. The second-order valence-corrected chi connectivity index (χ2v) is 7.39. The molecule has 1 N–H and O–H groups in total. The van der Waals surface area contributed by atoms with Gasteiger partial charge in [0.15, 0.2) is 6.10 Å². The van der Waals surface area contributed by atoms with Gasteiger partial charge < -0.3 is 19.7 Å². The number of carbonyl (C=O) groups excluding carboxylic acids is 2. The van der Waals surface area contributed by atoms with Crippen molar-refractivity contribution in [3.63, 3.8) is 0 Å². The first-order valence-corrected chi connectivity index (χ1v) is 9.74. The Bertz CT molecular complexity index is 607. The van der Waals surface area contributed by atoms with Crippen molar-refractivity contribution in [2.45, 2.75) is 58.1 Å². The van der Waals surface area contributed by atoms with Gasteiger partial charge in [-0.3, -0.25) is 9.59 Å². The molecule has 1 atom stereocenters. The van der Waals surface area contributed by atoms with E-state index >= 15 is 0 Å². The smallest absolute Gasteiger partial charge is 0.263 e. The first kappa shape index (κ1) is 21.2. The van der Waals surface area contributed by atoms with Crippen molar-refractivity contribution in [3.8, 4) is 5.75 Å². The lowest BCUT2D eigenvalue weighted by atomic mass is 10.0. The average molecular weight is 376 g/mol. The molecule has 1 saturated heterocycles. The number of carbonyl (C=O) groups is 2. The van der Waals surface area contributed by atoms with Gasteiger partial charge in [0.1, 0.15) is 5.75 Å². The van der Waals surface area contributed by atoms with Crippen LogP contribution in [0.3, 0.4) is 0 Å². The largest absolute Gasteiger partial charge is 0.481 e. The van der Waals surface area contributed by atoms with E-state index in [9.17, 15) is 9.59 Å². The molecular weight excluding hydrogens is 344 g/mol. The Labute approximate surface area is 162 Å². The highest BCUT2D eigenvalue weighted by atomic mass is 16.5. The first-order valence-electron chi connectivity index (χ1n) is 9.74. The monoisotopic (exact) mass is 376 g/mol. The molecule has 0 radical (unpaired) electrons. The molecule has 6 heteroatoms. The molecule has 150 valence electrons. The van der Waals surface area contributed by atoms with Crippen LogP contribution < -0.4 is 10.1 Å². The van der Waals surface area contributed by atoms with Gasteiger partial charge in [-0.2, -0.15) is 0 Å². The lowest BCUT2D eigenvalue weighted by Crippen LogP contribution is -2.49. The summed E-state index contributed by atoms with van der Waals surface area (Å²) >= 11 is 0. The molecule has 0 saturated carbocycles. The maximum atomic E-state index is 12.6. The summed E-state index contributed by atoms with van der Waals surface area (Å²) in [5.41, 5.74) is 1.25. The number of hydrogen-bond donors (Lipinski definition) is 1. The standard InChI is InChI=1S/C21H32N2O4/c1-15(2)17-5-7-19(8-6-17)27-16(3)21(25)23-12-9-18(10-13-23)22-20(24)11-14-26-4/h5-8,15-16,18H,9-14H2,1-4H3,(H,22,24). The summed E-state index contributed by atoms with van der Waals surface area (Å²) in [5.74, 6) is 1.17. The molecule has 27 heavy (non-hydrogen) atoms. The van der Waals surface area contributed by atoms with Gasteiger partial charge in [-0.05, 0) is 43.4 Å². The fraction of sp³-hybridized carbons (Fsp3) is 0.619. The Hall–Kier alpha value is -2.08. The summed E-state index contributed by atoms with van der Waals surface area (Å²) < 4.78 is 10.7. The lowest BCUT2D eigenvalue weighted by molar-refractivity contribution is -0.139. The van der Waals surface area contributed by atoms with Gasteiger partial charge in [-0.1, -0.05) is 26.0 Å². The molecule has 0 aromatic heterocycles. The Morgan fingerprint density at radius 3 is 2.33 bits per heavy atom. The maximum Gasteiger partial charge on any atom is 0.263 e. The average Bonchev–Trinajstić information content (AvgIpc) is 2.66. The molecule has 1 aromatic carbocycles. The molecule has 1 aliphatic heterocycles. The van der Waals surface area contributed by atoms with Gasteiger partial charge in [-0.25, -0.2) is 0 Å². The van der Waals surface area contributed by atoms with Gasteiger partial charge in [0.25, 0.3) is 5.91 Å². The van der Waals surface area contributed by atoms with E-state index in [4.69, 9.17) is 9.47 Å². The predicted molar refractivity (Wildman–Crippen MR) is 105 cm³/mol. The van der Waals surface area contributed by atoms with Crippen LogP contribution in [0.2, 0.25) is 0 Å². The molecule has 0 spiro atoms. The fourth-order valence-corrected chi connectivity index (χ4v) is 3.18. The van der Waals surface area contributed by atoms with E-state index in [1.165, 1.54) is 5.56 Å². The van der Waals surface area contributed by atoms with Crippen molar-refractivity contribution in [2.75, 3.05) is 26.8 Å². The minimum atomic E-state index is -0.525. The molecule has 1 fully saturated rings. The van der Waals surface area contributed by atoms with E-state index in [0.717, 1.165) is 12.8 Å². The second kappa shape index (κ2) is 10.3. The summed E-state index contributed by atoms with van der Waals surface area (Å²) in [6, 6.07) is 8.03. The van der Waals surface area contributed by atoms with Crippen LogP contribution in [-0.2, 0) is 14.3 Å². The molecule has 0 aliphatic carbocycles. The molecule has 2 amide bonds. The van der Waals surface area contributed by atoms with E-state index in [2.05, 4.69) is 19.2 Å². The van der Waals surface area contributed by atoms with Crippen LogP contribution in [0.1, 0.15) is 51.5 Å². The van der Waals surface area contributed by atoms with E-state index in [1.54, 1.807) is 14.0 Å². The molecule has 2 rings (SSSR count). The summed E-state index contributed by atoms with van der Waals surface area (Å²) in [6.07, 6.45) is 1.37. The summed E-state index contributed by atoms with van der Waals surface area (Å²) in [7, 11) is 1.58. The Balaban J connectivity index is 1.78. The zero-order valence-corrected chi connectivity index (χ0v) is 16.9. The van der Waals surface area contributed by atoms with Crippen molar-refractivity contribution in [3.05, 3.63) is 29.8 Å². The maximum absolute atomic E-state index is 12.6. The van der Waals surface area contributed by atoms with Gasteiger partial charge >= 0.3 is 0 Å². The van der Waals surface area contributed by atoms with Crippen molar-refractivity contribution in [1.29, 1.82) is 0 Å². The second-order valence-electron chi connectivity index (χ2n) is 7.39. The molecule has 1 heterocycles. The number of rotatable bonds is 8. The third kappa shape index (κ3) is 6.54. The third-order valence-electron chi connectivity index (χ3n) is 4.91. The number of benzene rings is 1. The number of hydrogen-bond acceptors (Lipinski definition) is 4. The van der Waals surface area contributed by atoms with Crippen LogP contribution in [-0.4, -0.2) is 55.7 Å². The number of nitrogens with zero attached hydrogens (tertiary/aromatic N) is 1. The number of amides is 2. The summed E-state index contributed by atoms with van der Waals surface area (Å²) in [5, 5.41) is 3.01. The molecular formula is C21H32N2O4. The van der Waals surface area contributed by atoms with Crippen LogP contribution >= 0.6 is 0 Å². The van der Waals surface area contributed by atoms with Gasteiger partial charge in [0.2, 0.25) is 5.91 Å². The quantitative estimate of drug-likeness (QED) is 0.757. The van der Waals surface area contributed by atoms with E-state index < -0.39 is 6.10 Å². The highest BCUT2D eigenvalue weighted by Crippen LogP contribution is 2.20. The van der Waals surface area contributed by atoms with Crippen LogP contribution in [0.15, 0.2) is 24.3 Å². The normalized spacial score (nSPS) is 16.3. The number of methoxy groups -OCH3 is 1. The number of ether oxygens (including phenoxy) is 2. The number of piperidine rings is 1. The Morgan fingerprint density at radius 1 is 1.15 bits per heavy atom. The zero-order chi connectivity index (χ0) is 19.8. The Kier molecular flexibility index (Phi) is 8.10. The summed E-state index contributed by atoms with van der Waals surface area (Å²) in [6.45, 7) is 7.77. The van der Waals surface area contributed by atoms with Crippen LogP contribution in [0.25, 0.3) is 0 Å².